The minimum absolute atomic E-state index is 0.0223. The molecule has 0 radical (unpaired) electrons. The van der Waals surface area contributed by atoms with Crippen molar-refractivity contribution in [1.82, 2.24) is 8.94 Å². The van der Waals surface area contributed by atoms with Crippen LogP contribution in [-0.2, 0) is 62.5 Å². The van der Waals surface area contributed by atoms with E-state index in [0.717, 1.165) is 66.5 Å². The van der Waals surface area contributed by atoms with Gasteiger partial charge in [-0.1, -0.05) is 44.9 Å². The average molecular weight is 1180 g/mol. The van der Waals surface area contributed by atoms with Gasteiger partial charge in [0.1, 0.15) is 35.1 Å². The van der Waals surface area contributed by atoms with E-state index in [-0.39, 0.29) is 78.3 Å². The van der Waals surface area contributed by atoms with Gasteiger partial charge in [-0.2, -0.15) is 4.37 Å². The van der Waals surface area contributed by atoms with Gasteiger partial charge in [-0.25, -0.2) is 17.8 Å². The van der Waals surface area contributed by atoms with E-state index in [9.17, 15) is 56.3 Å². The number of fused-ring (bicyclic) bond motifs is 2. The maximum atomic E-state index is 14.5. The number of methoxy groups -OCH3 is 1. The fourth-order valence-electron chi connectivity index (χ4n) is 8.52. The fraction of sp³-hybridized carbons (Fsp3) is 0.462. The molecule has 0 saturated heterocycles. The number of aliphatic carboxylic acids is 1. The van der Waals surface area contributed by atoms with Crippen LogP contribution in [0.15, 0.2) is 58.4 Å². The summed E-state index contributed by atoms with van der Waals surface area (Å²) >= 11 is 7.00. The summed E-state index contributed by atoms with van der Waals surface area (Å²) in [4.78, 5) is 97.4. The number of amides is 2. The number of Topliss-reactive ketones (excluding diaryl/α,β-unsaturated/α-hetero) is 3. The Morgan fingerprint density at radius 2 is 1.84 bits per heavy atom. The Hall–Kier alpha value is -6.52. The van der Waals surface area contributed by atoms with E-state index < -0.39 is 74.5 Å². The van der Waals surface area contributed by atoms with Gasteiger partial charge in [0.05, 0.1) is 46.0 Å². The number of ether oxygens (including phenoxy) is 2. The second-order valence-corrected chi connectivity index (χ2v) is 25.2. The standard InChI is InChI=1S/C18H17FN4O2S.C15H22ClNO2.C14H13NO7S.C5H12NO4P/c1-4-5-22-13-7-12(11(19)6-14(13)25-9-16(22)24)20-17-23-10-18(2,3)8-15(23)21-26-17;1-5-13-8-6-7-11(2)15(13)17(14(18)9-16)12(3)10-19-4;1-23(21,22)8-5-6-9(10(7-8)15(19)20)14(18)13-11(16)3-2-4-12(13)17;1-11(9,10)3-2-4(6)5(7)8/h1,6-7H,5,8-10H2,2-3H3;6-8,12H,5,9-10H2,1-4H3;5-7,13H,2-4H2,1H3;4H,2-3,6H2,1H3,(H,7,8)(H,9,10)/b20-17-;;;. The first-order chi connectivity index (χ1) is 36.9. The Kier molecular flexibility index (Phi) is 23.1. The molecule has 22 nitrogen and oxygen atoms in total. The van der Waals surface area contributed by atoms with E-state index in [4.69, 9.17) is 43.2 Å². The predicted octanol–water partition coefficient (Wildman–Crippen LogP) is 6.23. The second kappa shape index (κ2) is 28.1. The number of terminal acetylenes is 1. The molecule has 1 fully saturated rings. The number of aryl methyl sites for hydroxylation is 2. The predicted molar refractivity (Wildman–Crippen MR) is 295 cm³/mol. The summed E-state index contributed by atoms with van der Waals surface area (Å²) in [5.41, 5.74) is 7.81. The van der Waals surface area contributed by atoms with Gasteiger partial charge in [-0.05, 0) is 67.9 Å². The van der Waals surface area contributed by atoms with Crippen molar-refractivity contribution < 1.29 is 70.5 Å². The second-order valence-electron chi connectivity index (χ2n) is 19.6. The number of rotatable bonds is 16. The number of carbonyl (C=O) groups is 6. The van der Waals surface area contributed by atoms with Gasteiger partial charge in [-0.3, -0.25) is 48.3 Å². The SMILES string of the molecule is C#CCN1C(=O)COc2cc(F)c(/N=c3\snc4n3CC(C)(C)C4)cc21.CCc1cccc(C)c1N(C(=O)CCl)C(C)COC.CP(=O)(O)CCC(N)C(=O)O.CS(=O)(=O)c1ccc(C(=O)C2C(=O)CCCC2=O)c([N+](=O)[O-])c1. The highest BCUT2D eigenvalue weighted by Crippen LogP contribution is 2.38. The minimum Gasteiger partial charge on any atom is -0.481 e. The number of ketones is 3. The van der Waals surface area contributed by atoms with Crippen LogP contribution < -0.4 is 25.1 Å². The third-order valence-corrected chi connectivity index (χ3v) is 15.6. The molecule has 428 valence electrons. The normalized spacial score (nSPS) is 16.4. The molecule has 0 bridgehead atoms. The molecule has 7 rings (SSSR count). The lowest BCUT2D eigenvalue weighted by Gasteiger charge is -2.31. The van der Waals surface area contributed by atoms with E-state index in [1.165, 1.54) is 35.2 Å². The van der Waals surface area contributed by atoms with Gasteiger partial charge in [0, 0.05) is 75.7 Å². The highest BCUT2D eigenvalue weighted by Gasteiger charge is 2.39. The van der Waals surface area contributed by atoms with Crippen LogP contribution in [0, 0.1) is 46.5 Å². The number of nitrogens with zero attached hydrogens (tertiary/aromatic N) is 6. The maximum absolute atomic E-state index is 14.5. The Labute approximate surface area is 465 Å². The molecular formula is C52H64ClFN7O15PS2. The third kappa shape index (κ3) is 17.5. The van der Waals surface area contributed by atoms with Gasteiger partial charge in [-0.15, -0.1) is 18.0 Å². The van der Waals surface area contributed by atoms with Crippen LogP contribution >= 0.6 is 30.5 Å². The highest BCUT2D eigenvalue weighted by atomic mass is 35.5. The zero-order valence-corrected chi connectivity index (χ0v) is 48.2. The van der Waals surface area contributed by atoms with Gasteiger partial charge >= 0.3 is 5.97 Å². The number of hydrogen-bond acceptors (Lipinski definition) is 17. The zero-order valence-electron chi connectivity index (χ0n) is 44.9. The topological polar surface area (TPSA) is 318 Å². The molecule has 2 amide bonds. The summed E-state index contributed by atoms with van der Waals surface area (Å²) in [5.74, 6) is -1.94. The van der Waals surface area contributed by atoms with Crippen LogP contribution in [0.3, 0.4) is 0 Å². The monoisotopic (exact) mass is 1180 g/mol. The molecule has 0 spiro atoms. The lowest BCUT2D eigenvalue weighted by Crippen LogP contribution is -2.43. The lowest BCUT2D eigenvalue weighted by molar-refractivity contribution is -0.385. The molecule has 3 aliphatic rings. The maximum Gasteiger partial charge on any atom is 0.320 e. The summed E-state index contributed by atoms with van der Waals surface area (Å²) < 4.78 is 65.1. The number of nitro benzene ring substituents is 1. The Morgan fingerprint density at radius 1 is 1.18 bits per heavy atom. The van der Waals surface area contributed by atoms with Crippen LogP contribution in [0.4, 0.5) is 27.1 Å². The first-order valence-electron chi connectivity index (χ1n) is 24.5. The van der Waals surface area contributed by atoms with Crippen molar-refractivity contribution in [2.45, 2.75) is 96.7 Å². The van der Waals surface area contributed by atoms with Crippen molar-refractivity contribution in [3.63, 3.8) is 0 Å². The first kappa shape index (κ1) is 65.0. The van der Waals surface area contributed by atoms with Gasteiger partial charge in [0.25, 0.3) is 11.6 Å². The summed E-state index contributed by atoms with van der Waals surface area (Å²) in [7, 11) is -5.16. The van der Waals surface area contributed by atoms with Crippen molar-refractivity contribution in [2.75, 3.05) is 61.6 Å². The largest absolute Gasteiger partial charge is 0.481 e. The molecule has 2 aliphatic heterocycles. The number of carbonyl (C=O) groups excluding carboxylic acids is 5. The van der Waals surface area contributed by atoms with Crippen LogP contribution in [0.25, 0.3) is 0 Å². The van der Waals surface area contributed by atoms with Gasteiger partial charge in [0.15, 0.2) is 47.0 Å². The van der Waals surface area contributed by atoms with Gasteiger partial charge in [0.2, 0.25) is 10.7 Å². The molecule has 3 atom stereocenters. The summed E-state index contributed by atoms with van der Waals surface area (Å²) in [6.07, 6.45) is 8.46. The number of alkyl halides is 1. The average Bonchev–Trinajstić information content (AvgIpc) is 3.97. The number of carboxylic acids is 1. The molecule has 1 aromatic heterocycles. The molecule has 3 unspecified atom stereocenters. The van der Waals surface area contributed by atoms with Crippen LogP contribution in [0.5, 0.6) is 5.75 Å². The van der Waals surface area contributed by atoms with E-state index in [2.05, 4.69) is 42.1 Å². The first-order valence-corrected chi connectivity index (χ1v) is 30.0. The van der Waals surface area contributed by atoms with E-state index in [1.807, 2.05) is 30.5 Å². The summed E-state index contributed by atoms with van der Waals surface area (Å²) in [6.45, 7) is 12.8. The quantitative estimate of drug-likeness (QED) is 0.0213. The van der Waals surface area contributed by atoms with E-state index >= 15 is 0 Å². The number of aromatic nitrogens is 2. The van der Waals surface area contributed by atoms with Gasteiger partial charge < -0.3 is 34.7 Å². The number of nitrogens with two attached hydrogens (primary N) is 1. The van der Waals surface area contributed by atoms with Crippen molar-refractivity contribution in [3.05, 3.63) is 91.8 Å². The molecule has 1 aliphatic carbocycles. The number of nitro groups is 1. The Morgan fingerprint density at radius 3 is 2.39 bits per heavy atom. The highest BCUT2D eigenvalue weighted by molar-refractivity contribution is 7.90. The summed E-state index contributed by atoms with van der Waals surface area (Å²) in [6, 6.07) is 10.6. The number of halogens is 2. The minimum atomic E-state index is -3.70. The van der Waals surface area contributed by atoms with Crippen LogP contribution in [0.1, 0.15) is 80.7 Å². The van der Waals surface area contributed by atoms with Crippen molar-refractivity contribution >= 4 is 98.2 Å². The molecule has 79 heavy (non-hydrogen) atoms. The number of hydrogen-bond donors (Lipinski definition) is 3. The number of sulfone groups is 1. The molecule has 3 heterocycles. The van der Waals surface area contributed by atoms with E-state index in [0.29, 0.717) is 29.3 Å². The third-order valence-electron chi connectivity index (χ3n) is 12.4. The molecule has 1 saturated carbocycles. The van der Waals surface area contributed by atoms with Crippen molar-refractivity contribution in [1.29, 1.82) is 0 Å². The Bertz CT molecular complexity index is 3250. The van der Waals surface area contributed by atoms with Crippen molar-refractivity contribution in [2.24, 2.45) is 22.1 Å². The molecule has 4 aromatic rings. The smallest absolute Gasteiger partial charge is 0.320 e. The van der Waals surface area contributed by atoms with Crippen LogP contribution in [-0.4, -0.2) is 131 Å². The summed E-state index contributed by atoms with van der Waals surface area (Å²) in [5, 5.41) is 19.4. The number of carboxylic acid groups (broad SMARTS) is 1. The number of anilines is 2. The number of benzene rings is 3. The fourth-order valence-corrected chi connectivity index (χ4v) is 10.8. The molecule has 27 heteroatoms. The molecule has 3 aromatic carbocycles. The Balaban J connectivity index is 0.000000236. The molecule has 4 N–H and O–H groups in total. The zero-order chi connectivity index (χ0) is 59.3. The van der Waals surface area contributed by atoms with E-state index in [1.54, 1.807) is 12.0 Å². The lowest BCUT2D eigenvalue weighted by atomic mass is 9.81. The number of para-hydroxylation sites is 1. The van der Waals surface area contributed by atoms with Crippen molar-refractivity contribution in [3.8, 4) is 18.1 Å². The van der Waals surface area contributed by atoms with Crippen LogP contribution in [0.2, 0.25) is 0 Å². The molecular weight excluding hydrogens is 1110 g/mol.